The predicted molar refractivity (Wildman–Crippen MR) is 124 cm³/mol. The number of fused-ring (bicyclic) bond motifs is 3. The zero-order chi connectivity index (χ0) is 21.4. The van der Waals surface area contributed by atoms with Crippen molar-refractivity contribution < 1.29 is 5.11 Å². The molecule has 0 unspecified atom stereocenters. The van der Waals surface area contributed by atoms with Crippen LogP contribution in [0.2, 0.25) is 0 Å². The molecule has 1 N–H and O–H groups in total. The molecule has 0 saturated carbocycles. The SMILES string of the molecule is Cc1ccc(-c2nnc3c4ccccc4c(C)nn23)cc1SN1CCN(CCO)CC1. The molecule has 7 nitrogen and oxygen atoms in total. The lowest BCUT2D eigenvalue weighted by molar-refractivity contribution is 0.156. The Morgan fingerprint density at radius 2 is 1.74 bits per heavy atom. The Morgan fingerprint density at radius 3 is 2.52 bits per heavy atom. The fourth-order valence-corrected chi connectivity index (χ4v) is 5.10. The predicted octanol–water partition coefficient (Wildman–Crippen LogP) is 3.18. The van der Waals surface area contributed by atoms with Gasteiger partial charge in [-0.3, -0.25) is 4.90 Å². The third-order valence-electron chi connectivity index (χ3n) is 5.87. The van der Waals surface area contributed by atoms with E-state index in [1.807, 2.05) is 23.6 Å². The van der Waals surface area contributed by atoms with E-state index in [-0.39, 0.29) is 6.61 Å². The molecule has 2 aromatic heterocycles. The Balaban J connectivity index is 1.46. The highest BCUT2D eigenvalue weighted by molar-refractivity contribution is 7.97. The normalized spacial score (nSPS) is 15.8. The molecule has 8 heteroatoms. The summed E-state index contributed by atoms with van der Waals surface area (Å²) < 4.78 is 4.27. The second-order valence-electron chi connectivity index (χ2n) is 7.96. The van der Waals surface area contributed by atoms with Crippen LogP contribution in [0.25, 0.3) is 27.8 Å². The molecule has 0 bridgehead atoms. The van der Waals surface area contributed by atoms with E-state index < -0.39 is 0 Å². The lowest BCUT2D eigenvalue weighted by Crippen LogP contribution is -2.44. The summed E-state index contributed by atoms with van der Waals surface area (Å²) in [5.74, 6) is 0.762. The molecule has 4 aromatic rings. The topological polar surface area (TPSA) is 69.8 Å². The molecule has 160 valence electrons. The van der Waals surface area contributed by atoms with Crippen molar-refractivity contribution in [3.8, 4) is 11.4 Å². The summed E-state index contributed by atoms with van der Waals surface area (Å²) in [7, 11) is 0. The molecule has 5 rings (SSSR count). The first-order valence-corrected chi connectivity index (χ1v) is 11.4. The minimum absolute atomic E-state index is 0.226. The van der Waals surface area contributed by atoms with Crippen molar-refractivity contribution in [2.45, 2.75) is 18.7 Å². The van der Waals surface area contributed by atoms with Gasteiger partial charge in [0.05, 0.1) is 12.3 Å². The lowest BCUT2D eigenvalue weighted by atomic mass is 10.1. The fraction of sp³-hybridized carbons (Fsp3) is 0.348. The monoisotopic (exact) mass is 434 g/mol. The van der Waals surface area contributed by atoms with Crippen LogP contribution in [0.15, 0.2) is 47.4 Å². The van der Waals surface area contributed by atoms with Gasteiger partial charge in [0.1, 0.15) is 0 Å². The van der Waals surface area contributed by atoms with E-state index in [1.165, 1.54) is 10.5 Å². The van der Waals surface area contributed by atoms with Gasteiger partial charge in [-0.1, -0.05) is 36.4 Å². The smallest absolute Gasteiger partial charge is 0.186 e. The minimum atomic E-state index is 0.226. The summed E-state index contributed by atoms with van der Waals surface area (Å²) >= 11 is 1.80. The first-order chi connectivity index (χ1) is 15.1. The highest BCUT2D eigenvalue weighted by atomic mass is 32.2. The van der Waals surface area contributed by atoms with Gasteiger partial charge in [-0.05, 0) is 37.4 Å². The van der Waals surface area contributed by atoms with E-state index in [2.05, 4.69) is 56.7 Å². The lowest BCUT2D eigenvalue weighted by Gasteiger charge is -2.33. The van der Waals surface area contributed by atoms with Crippen molar-refractivity contribution >= 4 is 28.4 Å². The van der Waals surface area contributed by atoms with Crippen LogP contribution in [0, 0.1) is 13.8 Å². The van der Waals surface area contributed by atoms with Gasteiger partial charge < -0.3 is 5.11 Å². The van der Waals surface area contributed by atoms with Crippen molar-refractivity contribution in [1.29, 1.82) is 0 Å². The molecule has 0 spiro atoms. The summed E-state index contributed by atoms with van der Waals surface area (Å²) in [5.41, 5.74) is 4.01. The molecule has 0 radical (unpaired) electrons. The number of β-amino-alcohol motifs (C(OH)–C–C–N with tert-alkyl or cyclic N) is 1. The minimum Gasteiger partial charge on any atom is -0.395 e. The number of aromatic nitrogens is 4. The molecule has 0 atom stereocenters. The first-order valence-electron chi connectivity index (χ1n) is 10.6. The van der Waals surface area contributed by atoms with Crippen molar-refractivity contribution in [1.82, 2.24) is 29.0 Å². The molecule has 2 aromatic carbocycles. The third kappa shape index (κ3) is 3.92. The van der Waals surface area contributed by atoms with Crippen molar-refractivity contribution in [2.75, 3.05) is 39.3 Å². The Hall–Kier alpha value is -2.52. The van der Waals surface area contributed by atoms with Gasteiger partial charge in [0.15, 0.2) is 11.5 Å². The number of benzene rings is 2. The summed E-state index contributed by atoms with van der Waals surface area (Å²) in [6, 6.07) is 14.6. The third-order valence-corrected chi connectivity index (χ3v) is 7.13. The van der Waals surface area contributed by atoms with Crippen molar-refractivity contribution in [2.24, 2.45) is 0 Å². The van der Waals surface area contributed by atoms with Crippen molar-refractivity contribution in [3.63, 3.8) is 0 Å². The summed E-state index contributed by atoms with van der Waals surface area (Å²) in [4.78, 5) is 3.53. The number of nitrogens with zero attached hydrogens (tertiary/aromatic N) is 6. The van der Waals surface area contributed by atoms with E-state index >= 15 is 0 Å². The maximum absolute atomic E-state index is 9.15. The number of hydrogen-bond acceptors (Lipinski definition) is 7. The summed E-state index contributed by atoms with van der Waals surface area (Å²) in [6.45, 7) is 9.08. The van der Waals surface area contributed by atoms with E-state index in [9.17, 15) is 0 Å². The number of aryl methyl sites for hydroxylation is 2. The zero-order valence-corrected chi connectivity index (χ0v) is 18.6. The van der Waals surface area contributed by atoms with E-state index in [0.717, 1.165) is 66.2 Å². The quantitative estimate of drug-likeness (QED) is 0.484. The van der Waals surface area contributed by atoms with Crippen LogP contribution < -0.4 is 0 Å². The maximum Gasteiger partial charge on any atom is 0.186 e. The molecule has 0 aliphatic carbocycles. The summed E-state index contributed by atoms with van der Waals surface area (Å²) in [5, 5.41) is 25.1. The number of aliphatic hydroxyl groups excluding tert-OH is 1. The van der Waals surface area contributed by atoms with Gasteiger partial charge in [0.2, 0.25) is 0 Å². The average Bonchev–Trinajstić information content (AvgIpc) is 3.21. The number of aliphatic hydroxyl groups is 1. The Kier molecular flexibility index (Phi) is 5.62. The number of hydrogen-bond donors (Lipinski definition) is 1. The van der Waals surface area contributed by atoms with Crippen LogP contribution in [0.1, 0.15) is 11.3 Å². The average molecular weight is 435 g/mol. The second kappa shape index (κ2) is 8.55. The Bertz CT molecular complexity index is 1230. The van der Waals surface area contributed by atoms with Crippen molar-refractivity contribution in [3.05, 3.63) is 53.7 Å². The standard InChI is InChI=1S/C23H26N6OS/c1-16-7-8-18(15-21(16)31-28-11-9-27(10-12-28)13-14-30)22-24-25-23-20-6-4-3-5-19(20)17(2)26-29(22)23/h3-8,15,30H,9-14H2,1-2H3. The Morgan fingerprint density at radius 1 is 0.968 bits per heavy atom. The van der Waals surface area contributed by atoms with E-state index in [4.69, 9.17) is 10.2 Å². The molecule has 3 heterocycles. The van der Waals surface area contributed by atoms with Crippen LogP contribution in [0.5, 0.6) is 0 Å². The molecule has 31 heavy (non-hydrogen) atoms. The molecular formula is C23H26N6OS. The molecule has 1 saturated heterocycles. The second-order valence-corrected chi connectivity index (χ2v) is 9.09. The zero-order valence-electron chi connectivity index (χ0n) is 17.8. The maximum atomic E-state index is 9.15. The number of rotatable bonds is 5. The fourth-order valence-electron chi connectivity index (χ4n) is 4.08. The van der Waals surface area contributed by atoms with Crippen LogP contribution in [0.3, 0.4) is 0 Å². The molecule has 1 aliphatic rings. The molecule has 1 fully saturated rings. The Labute approximate surface area is 185 Å². The van der Waals surface area contributed by atoms with Crippen LogP contribution in [-0.2, 0) is 0 Å². The molecular weight excluding hydrogens is 408 g/mol. The van der Waals surface area contributed by atoms with Crippen LogP contribution in [-0.4, -0.2) is 73.5 Å². The van der Waals surface area contributed by atoms with Gasteiger partial charge in [-0.25, -0.2) is 4.31 Å². The van der Waals surface area contributed by atoms with Gasteiger partial charge in [-0.2, -0.15) is 9.61 Å². The largest absolute Gasteiger partial charge is 0.395 e. The van der Waals surface area contributed by atoms with Gasteiger partial charge in [0, 0.05) is 54.0 Å². The molecule has 0 amide bonds. The summed E-state index contributed by atoms with van der Waals surface area (Å²) in [6.07, 6.45) is 0. The highest BCUT2D eigenvalue weighted by Crippen LogP contribution is 2.32. The van der Waals surface area contributed by atoms with Crippen LogP contribution >= 0.6 is 11.9 Å². The highest BCUT2D eigenvalue weighted by Gasteiger charge is 2.19. The number of piperazine rings is 1. The van der Waals surface area contributed by atoms with Gasteiger partial charge >= 0.3 is 0 Å². The van der Waals surface area contributed by atoms with E-state index in [0.29, 0.717) is 0 Å². The molecule has 1 aliphatic heterocycles. The van der Waals surface area contributed by atoms with Gasteiger partial charge in [0.25, 0.3) is 0 Å². The van der Waals surface area contributed by atoms with E-state index in [1.54, 1.807) is 11.9 Å². The first kappa shape index (κ1) is 20.4. The van der Waals surface area contributed by atoms with Crippen LogP contribution in [0.4, 0.5) is 0 Å². The van der Waals surface area contributed by atoms with Gasteiger partial charge in [-0.15, -0.1) is 10.2 Å².